The predicted molar refractivity (Wildman–Crippen MR) is 482 cm³/mol. The monoisotopic (exact) mass is 1870 g/mol. The third-order valence-corrected chi connectivity index (χ3v) is 23.3. The van der Waals surface area contributed by atoms with E-state index >= 15 is 0 Å². The summed E-state index contributed by atoms with van der Waals surface area (Å²) in [6.07, 6.45) is 12.1. The number of likely N-dealkylation sites (N-methyl/N-ethyl adjacent to an activating group) is 1. The first-order chi connectivity index (χ1) is 62.6. The summed E-state index contributed by atoms with van der Waals surface area (Å²) in [6, 6.07) is -0.420. The maximum absolute atomic E-state index is 13.3. The second-order valence-corrected chi connectivity index (χ2v) is 34.7. The zero-order valence-electron chi connectivity index (χ0n) is 79.2. The van der Waals surface area contributed by atoms with Gasteiger partial charge in [0.1, 0.15) is 45.6 Å². The van der Waals surface area contributed by atoms with Crippen LogP contribution >= 0.6 is 35.3 Å². The van der Waals surface area contributed by atoms with Crippen LogP contribution in [0.2, 0.25) is 0 Å². The number of hydrogen-bond donors (Lipinski definition) is 13. The van der Waals surface area contributed by atoms with Gasteiger partial charge in [0.25, 0.3) is 6.45 Å². The Bertz CT molecular complexity index is 3960. The van der Waals surface area contributed by atoms with Crippen LogP contribution in [0.5, 0.6) is 0 Å². The molecule has 0 bridgehead atoms. The van der Waals surface area contributed by atoms with Crippen LogP contribution < -0.4 is 70.4 Å². The number of carbonyl (C=O) groups excluding carboxylic acids is 20. The van der Waals surface area contributed by atoms with Crippen molar-refractivity contribution in [2.45, 2.75) is 275 Å². The molecule has 4 aliphatic heterocycles. The Hall–Kier alpha value is -9.69. The number of primary amides is 3. The molecule has 1 aromatic rings. The Morgan fingerprint density at radius 2 is 0.945 bits per heavy atom. The van der Waals surface area contributed by atoms with Crippen LogP contribution in [0.3, 0.4) is 0 Å². The van der Waals surface area contributed by atoms with Gasteiger partial charge >= 0.3 is 18.1 Å². The van der Waals surface area contributed by atoms with E-state index in [-0.39, 0.29) is 215 Å². The van der Waals surface area contributed by atoms with Crippen molar-refractivity contribution in [3.8, 4) is 0 Å². The van der Waals surface area contributed by atoms with Crippen molar-refractivity contribution in [1.82, 2.24) is 62.6 Å². The van der Waals surface area contributed by atoms with Gasteiger partial charge in [0.15, 0.2) is 25.0 Å². The molecule has 0 aliphatic carbocycles. The summed E-state index contributed by atoms with van der Waals surface area (Å²) in [6.45, 7) is 14.1. The van der Waals surface area contributed by atoms with E-state index in [9.17, 15) is 95.9 Å². The van der Waals surface area contributed by atoms with E-state index in [4.69, 9.17) is 36.9 Å². The molecule has 5 rings (SSSR count). The van der Waals surface area contributed by atoms with Crippen molar-refractivity contribution in [2.75, 3.05) is 89.7 Å². The molecule has 43 heteroatoms. The van der Waals surface area contributed by atoms with Crippen molar-refractivity contribution >= 4 is 160 Å². The molecule has 6 unspecified atom stereocenters. The first kappa shape index (κ1) is 107. The van der Waals surface area contributed by atoms with Crippen LogP contribution in [0.25, 0.3) is 0 Å². The number of benzene rings is 1. The largest absolute Gasteiger partial charge is 0.463 e. The van der Waals surface area contributed by atoms with Crippen LogP contribution in [0, 0.1) is 17.8 Å². The first-order valence-electron chi connectivity index (χ1n) is 45.5. The Morgan fingerprint density at radius 1 is 0.531 bits per heavy atom. The Morgan fingerprint density at radius 3 is 1.33 bits per heavy atom. The molecule has 11 atom stereocenters. The highest BCUT2D eigenvalue weighted by Gasteiger charge is 2.41. The number of amides is 18. The zero-order valence-corrected chi connectivity index (χ0v) is 77.7. The van der Waals surface area contributed by atoms with Gasteiger partial charge in [-0.1, -0.05) is 73.4 Å². The number of rotatable bonds is 57. The minimum absolute atomic E-state index is 0.0497. The third-order valence-electron chi connectivity index (χ3n) is 20.4. The fraction of sp³-hybridized carbons (Fsp3) is 0.694. The number of unbranched alkanes of at least 4 members (excludes halogenated alkanes) is 4. The van der Waals surface area contributed by atoms with Crippen LogP contribution in [0.4, 0.5) is 20.1 Å². The molecule has 128 heavy (non-hydrogen) atoms. The number of aldehydes is 1. The summed E-state index contributed by atoms with van der Waals surface area (Å²) in [4.78, 5) is 242. The minimum Gasteiger partial charge on any atom is -0.463 e. The SMILES string of the molecule is [2H]C(=O)COC1CCCC(COCC(=O)CCCN2C(=O)CC(SC)C2=O)O1.[2H]C(=O)OCc1ccc(NC(=O)[C@H](CCCNC(N)=O)NC(=O)[C@@H](NC(=O)CCCCCN2C(=O)CC(SC)C2=O)C(C)C)cc1.[2H]CC(=O)[C@H](CCCNC(N)=O)NC(=O)C(NCC)C(C)C.[2H]CC(=O)[C@H](CCCNC(N)=O)NC(=O)[C@@H](NC(=O)CCCCCN1C(=O)CC(SC)C1=O)C(C)C. The van der Waals surface area contributed by atoms with Crippen molar-refractivity contribution in [3.05, 3.63) is 29.8 Å². The third kappa shape index (κ3) is 45.5. The van der Waals surface area contributed by atoms with Gasteiger partial charge in [0.2, 0.25) is 70.9 Å². The summed E-state index contributed by atoms with van der Waals surface area (Å²) in [5.74, 6) is -4.82. The number of nitrogens with two attached hydrogens (primary N) is 3. The maximum atomic E-state index is 13.3. The summed E-state index contributed by atoms with van der Waals surface area (Å²) in [5, 5.41) is 25.7. The highest BCUT2D eigenvalue weighted by Crippen LogP contribution is 2.27. The minimum atomic E-state index is -1.16. The number of thioether (sulfide) groups is 3. The van der Waals surface area contributed by atoms with E-state index < -0.39 is 97.7 Å². The fourth-order valence-electron chi connectivity index (χ4n) is 13.4. The molecule has 1 aromatic carbocycles. The standard InChI is InChI=1S/C30H44N6O8S.C23H39N5O6S.C18H27NO7S.C14H28N4O3/c1-19(2)26(35-24(38)9-5-4-6-15-36-25(39)16-23(45-3)29(36)42)28(41)34-22(8-7-14-32-30(31)43)27(40)33-21-12-10-20(11-13-21)17-44-18-37;1-14(2)20(21(32)26-16(15(3)29)9-8-11-25-23(24)34)27-18(30)10-6-5-7-12-28-19(31)13-17(35-4)22(28)33;1-27-15-10-16(22)19(18(15)23)7-3-4-13(21)11-24-12-14-5-2-6-17(26-14)25-9-8-20;1-5-16-12(9(2)3)13(20)18-11(10(4)19)7-6-8-17-14(15)21/h10-13,18-19,22-23,26H,4-9,14-17H2,1-3H3,(H,33,40)(H,34,41)(H,35,38)(H3,31,32,43);14,16-17,20H,5-13H2,1-4H3,(H,26,32)(H,27,30)(H3,24,25,34);8,14-15,17H,2-7,9-12H2,1H3;9,11-12,16H,5-8H2,1-4H3,(H,18,20)(H3,15,17,21)/t22-,23?,26-;16-,17?,20-;;11-,12?/m00.0/s1/i18D;3D;8D;4D. The van der Waals surface area contributed by atoms with E-state index in [1.54, 1.807) is 70.7 Å². The van der Waals surface area contributed by atoms with Gasteiger partial charge in [-0.15, -0.1) is 0 Å². The number of anilines is 1. The summed E-state index contributed by atoms with van der Waals surface area (Å²) in [5.41, 5.74) is 16.1. The molecule has 720 valence electrons. The lowest BCUT2D eigenvalue weighted by Gasteiger charge is -2.29. The Kier molecular flexibility index (Phi) is 53.6. The van der Waals surface area contributed by atoms with Crippen LogP contribution in [-0.2, 0) is 107 Å². The normalized spacial score (nSPS) is 18.4. The van der Waals surface area contributed by atoms with Gasteiger partial charge in [0, 0.05) is 86.2 Å². The summed E-state index contributed by atoms with van der Waals surface area (Å²) >= 11 is 4.11. The molecule has 4 heterocycles. The summed E-state index contributed by atoms with van der Waals surface area (Å²) in [7, 11) is 0. The number of nitrogens with one attached hydrogen (secondary N) is 10. The number of ketones is 3. The smallest absolute Gasteiger partial charge is 0.312 e. The molecule has 0 radical (unpaired) electrons. The van der Waals surface area contributed by atoms with E-state index in [1.807, 2.05) is 20.8 Å². The van der Waals surface area contributed by atoms with Gasteiger partial charge in [-0.2, -0.15) is 35.3 Å². The number of ether oxygens (including phenoxy) is 4. The molecule has 4 aliphatic rings. The zero-order chi connectivity index (χ0) is 99.1. The number of urea groups is 3. The number of hydrogen-bond acceptors (Lipinski definition) is 28. The molecule has 0 saturated carbocycles. The predicted octanol–water partition coefficient (Wildman–Crippen LogP) is 3.22. The number of likely N-dealkylation sites (tertiary alicyclic amines) is 3. The molecule has 0 aromatic heterocycles. The lowest BCUT2D eigenvalue weighted by molar-refractivity contribution is -0.202. The molecule has 4 saturated heterocycles. The van der Waals surface area contributed by atoms with Gasteiger partial charge < -0.3 is 94.1 Å². The number of nitrogens with zero attached hydrogens (tertiary/aromatic N) is 3. The molecule has 18 amide bonds. The lowest BCUT2D eigenvalue weighted by Crippen LogP contribution is -2.54. The van der Waals surface area contributed by atoms with Gasteiger partial charge in [-0.3, -0.25) is 91.4 Å². The van der Waals surface area contributed by atoms with Crippen LogP contribution in [-0.4, -0.2) is 283 Å². The second-order valence-electron chi connectivity index (χ2n) is 31.6. The topological polar surface area (TPSA) is 586 Å². The van der Waals surface area contributed by atoms with Gasteiger partial charge in [-0.25, -0.2) is 14.4 Å². The van der Waals surface area contributed by atoms with E-state index in [0.29, 0.717) is 114 Å². The van der Waals surface area contributed by atoms with Crippen molar-refractivity contribution in [2.24, 2.45) is 35.0 Å². The maximum Gasteiger partial charge on any atom is 0.312 e. The quantitative estimate of drug-likeness (QED) is 0.0253. The van der Waals surface area contributed by atoms with Gasteiger partial charge in [-0.05, 0) is 164 Å². The first-order valence-corrected chi connectivity index (χ1v) is 46.9. The van der Waals surface area contributed by atoms with Crippen molar-refractivity contribution in [1.29, 1.82) is 0 Å². The van der Waals surface area contributed by atoms with Crippen molar-refractivity contribution < 1.29 is 120 Å². The number of carbonyl (C=O) groups is 20. The highest BCUT2D eigenvalue weighted by molar-refractivity contribution is 8.00. The molecule has 4 fully saturated rings. The van der Waals surface area contributed by atoms with E-state index in [2.05, 4.69) is 57.9 Å². The molecule has 40 nitrogen and oxygen atoms in total. The average Bonchev–Trinajstić information content (AvgIpc) is 1.68. The van der Waals surface area contributed by atoms with Crippen molar-refractivity contribution in [3.63, 3.8) is 0 Å². The average molecular weight is 1870 g/mol. The Balaban J connectivity index is 0.000000617. The van der Waals surface area contributed by atoms with Gasteiger partial charge in [0.05, 0.1) is 46.6 Å². The molecular weight excluding hydrogens is 1730 g/mol. The highest BCUT2D eigenvalue weighted by atomic mass is 32.2. The number of Topliss-reactive ketones (excluding diaryl/α,β-unsaturated/α-hetero) is 3. The molecule has 16 N–H and O–H groups in total. The second kappa shape index (κ2) is 64.1. The van der Waals surface area contributed by atoms with Crippen LogP contribution in [0.15, 0.2) is 24.3 Å². The summed E-state index contributed by atoms with van der Waals surface area (Å²) < 4.78 is 49.1. The van der Waals surface area contributed by atoms with E-state index in [1.165, 1.54) is 50.0 Å². The Labute approximate surface area is 768 Å². The van der Waals surface area contributed by atoms with Crippen LogP contribution in [0.1, 0.15) is 215 Å². The number of imide groups is 3. The molecular formula is C85H138N16O24S3. The lowest BCUT2D eigenvalue weighted by atomic mass is 10.0. The fourth-order valence-corrected chi connectivity index (χ4v) is 15.3. The molecule has 0 spiro atoms. The van der Waals surface area contributed by atoms with E-state index in [0.717, 1.165) is 12.8 Å².